The molecule has 0 radical (unpaired) electrons. The lowest BCUT2D eigenvalue weighted by atomic mass is 10.2. The first-order chi connectivity index (χ1) is 7.95. The van der Waals surface area contributed by atoms with E-state index >= 15 is 0 Å². The van der Waals surface area contributed by atoms with Gasteiger partial charge in [-0.05, 0) is 53.2 Å². The van der Waals surface area contributed by atoms with Crippen molar-refractivity contribution in [3.05, 3.63) is 39.0 Å². The zero-order valence-corrected chi connectivity index (χ0v) is 11.5. The van der Waals surface area contributed by atoms with Crippen LogP contribution in [0.15, 0.2) is 28.5 Å². The number of thiophene rings is 1. The topological polar surface area (TPSA) is 12.9 Å². The van der Waals surface area contributed by atoms with Gasteiger partial charge in [-0.25, -0.2) is 0 Å². The number of aryl methyl sites for hydroxylation is 2. The van der Waals surface area contributed by atoms with Crippen LogP contribution in [0.1, 0.15) is 16.9 Å². The van der Waals surface area contributed by atoms with Gasteiger partial charge in [-0.1, -0.05) is 0 Å². The summed E-state index contributed by atoms with van der Waals surface area (Å²) in [6, 6.07) is 2.23. The summed E-state index contributed by atoms with van der Waals surface area (Å²) in [6.07, 6.45) is 5.69. The molecule has 0 aromatic carbocycles. The third-order valence-electron chi connectivity index (χ3n) is 2.31. The SMILES string of the molecule is c1cc(CCCSCCc2cncs2)cs1. The van der Waals surface area contributed by atoms with E-state index in [4.69, 9.17) is 0 Å². The van der Waals surface area contributed by atoms with Crippen molar-refractivity contribution in [2.24, 2.45) is 0 Å². The highest BCUT2D eigenvalue weighted by Gasteiger charge is 1.96. The van der Waals surface area contributed by atoms with Crippen LogP contribution < -0.4 is 0 Å². The summed E-state index contributed by atoms with van der Waals surface area (Å²) >= 11 is 5.61. The summed E-state index contributed by atoms with van der Waals surface area (Å²) in [5, 5.41) is 4.41. The minimum atomic E-state index is 1.17. The molecule has 0 saturated carbocycles. The molecule has 0 aliphatic heterocycles. The molecule has 0 spiro atoms. The molecule has 0 saturated heterocycles. The number of rotatable bonds is 7. The number of aromatic nitrogens is 1. The molecule has 2 aromatic heterocycles. The maximum Gasteiger partial charge on any atom is 0.0794 e. The van der Waals surface area contributed by atoms with Crippen LogP contribution in [-0.4, -0.2) is 16.5 Å². The van der Waals surface area contributed by atoms with Crippen molar-refractivity contribution in [2.45, 2.75) is 19.3 Å². The van der Waals surface area contributed by atoms with Crippen molar-refractivity contribution in [1.29, 1.82) is 0 Å². The number of nitrogens with zero attached hydrogens (tertiary/aromatic N) is 1. The van der Waals surface area contributed by atoms with Crippen LogP contribution >= 0.6 is 34.4 Å². The average molecular weight is 269 g/mol. The molecular weight excluding hydrogens is 254 g/mol. The highest BCUT2D eigenvalue weighted by atomic mass is 32.2. The molecule has 0 aliphatic carbocycles. The Kier molecular flexibility index (Phi) is 5.38. The third kappa shape index (κ3) is 4.28. The predicted molar refractivity (Wildman–Crippen MR) is 75.8 cm³/mol. The Morgan fingerprint density at radius 1 is 1.25 bits per heavy atom. The summed E-state index contributed by atoms with van der Waals surface area (Å²) in [4.78, 5) is 5.49. The maximum atomic E-state index is 4.08. The quantitative estimate of drug-likeness (QED) is 0.702. The molecule has 2 aromatic rings. The molecule has 0 fully saturated rings. The van der Waals surface area contributed by atoms with E-state index in [0.29, 0.717) is 0 Å². The number of hydrogen-bond acceptors (Lipinski definition) is 4. The van der Waals surface area contributed by atoms with Crippen molar-refractivity contribution in [3.63, 3.8) is 0 Å². The third-order valence-corrected chi connectivity index (χ3v) is 4.95. The maximum absolute atomic E-state index is 4.08. The lowest BCUT2D eigenvalue weighted by Gasteiger charge is -1.99. The van der Waals surface area contributed by atoms with Crippen LogP contribution in [0.5, 0.6) is 0 Å². The molecule has 0 atom stereocenters. The van der Waals surface area contributed by atoms with Crippen molar-refractivity contribution < 1.29 is 0 Å². The number of hydrogen-bond donors (Lipinski definition) is 0. The first kappa shape index (κ1) is 12.1. The van der Waals surface area contributed by atoms with Gasteiger partial charge in [-0.3, -0.25) is 4.98 Å². The van der Waals surface area contributed by atoms with Gasteiger partial charge in [0.05, 0.1) is 5.51 Å². The van der Waals surface area contributed by atoms with E-state index in [1.54, 1.807) is 22.7 Å². The Bertz CT molecular complexity index is 329. The summed E-state index contributed by atoms with van der Waals surface area (Å²) in [5.74, 6) is 2.50. The standard InChI is InChI=1S/C12H15NS3/c1(2-11-3-6-15-9-11)5-14-7-4-12-8-13-10-16-12/h3,6,8-10H,1-2,4-5,7H2. The minimum Gasteiger partial charge on any atom is -0.253 e. The van der Waals surface area contributed by atoms with Gasteiger partial charge < -0.3 is 0 Å². The smallest absolute Gasteiger partial charge is 0.0794 e. The van der Waals surface area contributed by atoms with Gasteiger partial charge in [0, 0.05) is 11.1 Å². The molecule has 16 heavy (non-hydrogen) atoms. The largest absolute Gasteiger partial charge is 0.253 e. The number of thiazole rings is 1. The summed E-state index contributed by atoms with van der Waals surface area (Å²) < 4.78 is 0. The van der Waals surface area contributed by atoms with E-state index in [9.17, 15) is 0 Å². The zero-order valence-electron chi connectivity index (χ0n) is 9.09. The van der Waals surface area contributed by atoms with Crippen molar-refractivity contribution in [3.8, 4) is 0 Å². The van der Waals surface area contributed by atoms with E-state index in [2.05, 4.69) is 33.6 Å². The Morgan fingerprint density at radius 3 is 3.00 bits per heavy atom. The molecule has 2 rings (SSSR count). The van der Waals surface area contributed by atoms with Crippen LogP contribution in [0, 0.1) is 0 Å². The monoisotopic (exact) mass is 269 g/mol. The van der Waals surface area contributed by atoms with Gasteiger partial charge in [0.2, 0.25) is 0 Å². The molecule has 86 valence electrons. The van der Waals surface area contributed by atoms with Crippen LogP contribution in [-0.2, 0) is 12.8 Å². The van der Waals surface area contributed by atoms with E-state index in [1.807, 2.05) is 11.7 Å². The first-order valence-corrected chi connectivity index (χ1v) is 8.39. The van der Waals surface area contributed by atoms with Gasteiger partial charge in [0.25, 0.3) is 0 Å². The second-order valence-electron chi connectivity index (χ2n) is 3.57. The molecule has 0 unspecified atom stereocenters. The fourth-order valence-electron chi connectivity index (χ4n) is 1.45. The summed E-state index contributed by atoms with van der Waals surface area (Å²) in [7, 11) is 0. The average Bonchev–Trinajstić information content (AvgIpc) is 2.96. The van der Waals surface area contributed by atoms with Gasteiger partial charge in [0.15, 0.2) is 0 Å². The number of thioether (sulfide) groups is 1. The lowest BCUT2D eigenvalue weighted by molar-refractivity contribution is 0.937. The van der Waals surface area contributed by atoms with Crippen LogP contribution in [0.25, 0.3) is 0 Å². The molecule has 2 heterocycles. The lowest BCUT2D eigenvalue weighted by Crippen LogP contribution is -1.89. The highest BCUT2D eigenvalue weighted by molar-refractivity contribution is 7.99. The molecule has 0 bridgehead atoms. The molecule has 0 aliphatic rings. The van der Waals surface area contributed by atoms with Crippen molar-refractivity contribution >= 4 is 34.4 Å². The highest BCUT2D eigenvalue weighted by Crippen LogP contribution is 2.13. The minimum absolute atomic E-state index is 1.17. The van der Waals surface area contributed by atoms with E-state index in [0.717, 1.165) is 0 Å². The van der Waals surface area contributed by atoms with Gasteiger partial charge >= 0.3 is 0 Å². The van der Waals surface area contributed by atoms with Crippen LogP contribution in [0.4, 0.5) is 0 Å². The molecule has 1 nitrogen and oxygen atoms in total. The molecule has 0 N–H and O–H groups in total. The second-order valence-corrected chi connectivity index (χ2v) is 6.54. The van der Waals surface area contributed by atoms with E-state index < -0.39 is 0 Å². The van der Waals surface area contributed by atoms with Crippen LogP contribution in [0.3, 0.4) is 0 Å². The summed E-state index contributed by atoms with van der Waals surface area (Å²) in [5.41, 5.74) is 3.41. The normalized spacial score (nSPS) is 10.8. The van der Waals surface area contributed by atoms with Crippen molar-refractivity contribution in [2.75, 3.05) is 11.5 Å². The van der Waals surface area contributed by atoms with Gasteiger partial charge in [-0.2, -0.15) is 23.1 Å². The van der Waals surface area contributed by atoms with Crippen LogP contribution in [0.2, 0.25) is 0 Å². The fourth-order valence-corrected chi connectivity index (χ4v) is 3.80. The van der Waals surface area contributed by atoms with Gasteiger partial charge in [0.1, 0.15) is 0 Å². The zero-order chi connectivity index (χ0) is 11.1. The molecule has 4 heteroatoms. The second kappa shape index (κ2) is 7.09. The Morgan fingerprint density at radius 2 is 2.25 bits per heavy atom. The fraction of sp³-hybridized carbons (Fsp3) is 0.417. The van der Waals surface area contributed by atoms with Crippen molar-refractivity contribution in [1.82, 2.24) is 4.98 Å². The molecule has 0 amide bonds. The Labute approximate surface area is 109 Å². The first-order valence-electron chi connectivity index (χ1n) is 5.41. The predicted octanol–water partition coefficient (Wildman–Crippen LogP) is 4.11. The van der Waals surface area contributed by atoms with E-state index in [1.165, 1.54) is 41.2 Å². The van der Waals surface area contributed by atoms with Gasteiger partial charge in [-0.15, -0.1) is 11.3 Å². The Balaban J connectivity index is 1.49. The summed E-state index contributed by atoms with van der Waals surface area (Å²) in [6.45, 7) is 0. The molecular formula is C12H15NS3. The Hall–Kier alpha value is -0.320. The van der Waals surface area contributed by atoms with E-state index in [-0.39, 0.29) is 0 Å².